The summed E-state index contributed by atoms with van der Waals surface area (Å²) in [5, 5.41) is 11.2. The minimum absolute atomic E-state index is 0.147. The van der Waals surface area contributed by atoms with Gasteiger partial charge in [0.15, 0.2) is 5.69 Å². The molecule has 1 saturated heterocycles. The summed E-state index contributed by atoms with van der Waals surface area (Å²) in [6.45, 7) is 1.94. The monoisotopic (exact) mass is 381 g/mol. The molecule has 2 fully saturated rings. The van der Waals surface area contributed by atoms with Crippen molar-refractivity contribution < 1.29 is 9.59 Å². The molecule has 148 valence electrons. The Kier molecular flexibility index (Phi) is 5.69. The van der Waals surface area contributed by atoms with E-state index in [2.05, 4.69) is 15.6 Å². The van der Waals surface area contributed by atoms with Gasteiger partial charge in [0.2, 0.25) is 5.91 Å². The summed E-state index contributed by atoms with van der Waals surface area (Å²) in [5.41, 5.74) is 1.50. The molecule has 0 radical (unpaired) electrons. The number of rotatable bonds is 6. The maximum Gasteiger partial charge on any atom is 0.273 e. The van der Waals surface area contributed by atoms with Crippen LogP contribution in [-0.2, 0) is 17.9 Å². The molecule has 28 heavy (non-hydrogen) atoms. The van der Waals surface area contributed by atoms with Gasteiger partial charge in [-0.05, 0) is 18.4 Å². The maximum atomic E-state index is 12.4. The molecule has 0 spiro atoms. The van der Waals surface area contributed by atoms with Crippen LogP contribution in [0.5, 0.6) is 0 Å². The number of benzene rings is 1. The van der Waals surface area contributed by atoms with Gasteiger partial charge in [-0.25, -0.2) is 0 Å². The molecule has 2 amide bonds. The van der Waals surface area contributed by atoms with Gasteiger partial charge in [-0.2, -0.15) is 0 Å². The van der Waals surface area contributed by atoms with Gasteiger partial charge in [0.1, 0.15) is 0 Å². The molecular weight excluding hydrogens is 354 g/mol. The van der Waals surface area contributed by atoms with E-state index in [1.807, 2.05) is 35.2 Å². The number of nitrogens with zero attached hydrogens (tertiary/aromatic N) is 4. The van der Waals surface area contributed by atoms with Crippen LogP contribution in [0, 0.1) is 5.92 Å². The Morgan fingerprint density at radius 3 is 2.71 bits per heavy atom. The van der Waals surface area contributed by atoms with Crippen molar-refractivity contribution in [1.29, 1.82) is 0 Å². The molecule has 1 aliphatic heterocycles. The summed E-state index contributed by atoms with van der Waals surface area (Å²) in [4.78, 5) is 26.6. The van der Waals surface area contributed by atoms with Crippen LogP contribution in [0.4, 0.5) is 0 Å². The quantitative estimate of drug-likeness (QED) is 0.833. The summed E-state index contributed by atoms with van der Waals surface area (Å²) in [5.74, 6) is 0.211. The standard InChI is InChI=1S/C21H27N5O2/c27-20-11-17(13-25(20)12-16-7-3-1-4-8-16)14-26-15-19(23-24-26)21(28)22-18-9-5-2-6-10-18/h1,3-4,7-8,15,17-18H,2,5-6,9-14H2,(H,22,28). The maximum absolute atomic E-state index is 12.4. The summed E-state index contributed by atoms with van der Waals surface area (Å²) < 4.78 is 1.69. The number of hydrogen-bond donors (Lipinski definition) is 1. The first kappa shape index (κ1) is 18.7. The van der Waals surface area contributed by atoms with E-state index < -0.39 is 0 Å². The highest BCUT2D eigenvalue weighted by atomic mass is 16.2. The fourth-order valence-corrected chi connectivity index (χ4v) is 4.20. The highest BCUT2D eigenvalue weighted by Crippen LogP contribution is 2.22. The normalized spacial score (nSPS) is 20.5. The first-order valence-corrected chi connectivity index (χ1v) is 10.2. The van der Waals surface area contributed by atoms with Crippen LogP contribution >= 0.6 is 0 Å². The molecule has 1 atom stereocenters. The van der Waals surface area contributed by atoms with E-state index in [4.69, 9.17) is 0 Å². The Labute approximate surface area is 165 Å². The van der Waals surface area contributed by atoms with Crippen LogP contribution in [0.3, 0.4) is 0 Å². The molecule has 2 heterocycles. The van der Waals surface area contributed by atoms with Crippen LogP contribution in [0.2, 0.25) is 0 Å². The number of carbonyl (C=O) groups is 2. The zero-order valence-electron chi connectivity index (χ0n) is 16.1. The fourth-order valence-electron chi connectivity index (χ4n) is 4.20. The van der Waals surface area contributed by atoms with Gasteiger partial charge in [0.05, 0.1) is 6.20 Å². The Hall–Kier alpha value is -2.70. The van der Waals surface area contributed by atoms with E-state index in [0.717, 1.165) is 18.4 Å². The van der Waals surface area contributed by atoms with Gasteiger partial charge in [-0.15, -0.1) is 5.10 Å². The summed E-state index contributed by atoms with van der Waals surface area (Å²) in [6, 6.07) is 10.3. The van der Waals surface area contributed by atoms with Crippen LogP contribution < -0.4 is 5.32 Å². The number of aromatic nitrogens is 3. The molecule has 4 rings (SSSR count). The van der Waals surface area contributed by atoms with Crippen LogP contribution in [0.1, 0.15) is 54.6 Å². The largest absolute Gasteiger partial charge is 0.348 e. The fraction of sp³-hybridized carbons (Fsp3) is 0.524. The van der Waals surface area contributed by atoms with Crippen molar-refractivity contribution >= 4 is 11.8 Å². The second-order valence-electron chi connectivity index (χ2n) is 7.96. The average Bonchev–Trinajstić information content (AvgIpc) is 3.30. The third-order valence-electron chi connectivity index (χ3n) is 5.67. The van der Waals surface area contributed by atoms with E-state index in [1.54, 1.807) is 10.9 Å². The van der Waals surface area contributed by atoms with E-state index >= 15 is 0 Å². The lowest BCUT2D eigenvalue weighted by molar-refractivity contribution is -0.128. The zero-order chi connectivity index (χ0) is 19.3. The molecule has 2 aromatic rings. The molecule has 7 heteroatoms. The van der Waals surface area contributed by atoms with Crippen LogP contribution in [-0.4, -0.2) is 44.3 Å². The molecule has 2 aliphatic rings. The van der Waals surface area contributed by atoms with E-state index in [-0.39, 0.29) is 23.8 Å². The average molecular weight is 381 g/mol. The van der Waals surface area contributed by atoms with Crippen molar-refractivity contribution in [2.24, 2.45) is 5.92 Å². The molecule has 1 aromatic heterocycles. The Bertz CT molecular complexity index is 813. The van der Waals surface area contributed by atoms with Crippen molar-refractivity contribution in [3.05, 3.63) is 47.8 Å². The lowest BCUT2D eigenvalue weighted by Gasteiger charge is -2.22. The Morgan fingerprint density at radius 1 is 1.14 bits per heavy atom. The predicted molar refractivity (Wildman–Crippen MR) is 104 cm³/mol. The molecule has 1 saturated carbocycles. The predicted octanol–water partition coefficient (Wildman–Crippen LogP) is 2.39. The smallest absolute Gasteiger partial charge is 0.273 e. The van der Waals surface area contributed by atoms with Gasteiger partial charge in [-0.1, -0.05) is 54.8 Å². The van der Waals surface area contributed by atoms with E-state index in [1.165, 1.54) is 19.3 Å². The summed E-state index contributed by atoms with van der Waals surface area (Å²) in [6.07, 6.45) is 7.89. The lowest BCUT2D eigenvalue weighted by Crippen LogP contribution is -2.36. The molecular formula is C21H27N5O2. The van der Waals surface area contributed by atoms with Gasteiger partial charge < -0.3 is 10.2 Å². The SMILES string of the molecule is O=C(NC1CCCCC1)c1cn(CC2CC(=O)N(Cc3ccccc3)C2)nn1. The molecule has 1 aromatic carbocycles. The molecule has 1 N–H and O–H groups in total. The van der Waals surface area contributed by atoms with Gasteiger partial charge in [-0.3, -0.25) is 14.3 Å². The van der Waals surface area contributed by atoms with Crippen molar-refractivity contribution in [2.75, 3.05) is 6.54 Å². The van der Waals surface area contributed by atoms with Crippen LogP contribution in [0.25, 0.3) is 0 Å². The van der Waals surface area contributed by atoms with Gasteiger partial charge >= 0.3 is 0 Å². The highest BCUT2D eigenvalue weighted by Gasteiger charge is 2.30. The third kappa shape index (κ3) is 4.58. The third-order valence-corrected chi connectivity index (χ3v) is 5.67. The molecule has 7 nitrogen and oxygen atoms in total. The van der Waals surface area contributed by atoms with E-state index in [9.17, 15) is 9.59 Å². The van der Waals surface area contributed by atoms with Crippen molar-refractivity contribution in [2.45, 2.75) is 57.7 Å². The second kappa shape index (κ2) is 8.54. The summed E-state index contributed by atoms with van der Waals surface area (Å²) >= 11 is 0. The molecule has 0 bridgehead atoms. The number of hydrogen-bond acceptors (Lipinski definition) is 4. The number of carbonyl (C=O) groups excluding carboxylic acids is 2. The first-order valence-electron chi connectivity index (χ1n) is 10.2. The van der Waals surface area contributed by atoms with Crippen molar-refractivity contribution in [3.63, 3.8) is 0 Å². The van der Waals surface area contributed by atoms with Crippen molar-refractivity contribution in [1.82, 2.24) is 25.2 Å². The summed E-state index contributed by atoms with van der Waals surface area (Å²) in [7, 11) is 0. The number of likely N-dealkylation sites (tertiary alicyclic amines) is 1. The van der Waals surface area contributed by atoms with Gasteiger partial charge in [0.25, 0.3) is 5.91 Å². The number of nitrogens with one attached hydrogen (secondary N) is 1. The zero-order valence-corrected chi connectivity index (χ0v) is 16.1. The Balaban J connectivity index is 1.30. The van der Waals surface area contributed by atoms with Crippen LogP contribution in [0.15, 0.2) is 36.5 Å². The molecule has 1 aliphatic carbocycles. The first-order chi connectivity index (χ1) is 13.7. The minimum Gasteiger partial charge on any atom is -0.348 e. The second-order valence-corrected chi connectivity index (χ2v) is 7.96. The van der Waals surface area contributed by atoms with E-state index in [0.29, 0.717) is 31.7 Å². The van der Waals surface area contributed by atoms with Gasteiger partial charge in [0, 0.05) is 38.0 Å². The highest BCUT2D eigenvalue weighted by molar-refractivity contribution is 5.92. The molecule has 1 unspecified atom stereocenters. The minimum atomic E-state index is -0.147. The topological polar surface area (TPSA) is 80.1 Å². The lowest BCUT2D eigenvalue weighted by atomic mass is 9.95. The Morgan fingerprint density at radius 2 is 1.93 bits per heavy atom. The number of amides is 2. The van der Waals surface area contributed by atoms with Crippen molar-refractivity contribution in [3.8, 4) is 0 Å².